The fraction of sp³-hybridized carbons (Fsp3) is 0.353. The third kappa shape index (κ3) is 2.20. The zero-order valence-electron chi connectivity index (χ0n) is 12.0. The van der Waals surface area contributed by atoms with Crippen LogP contribution in [0.25, 0.3) is 0 Å². The SMILES string of the molecule is CN=C(NCc1ccco1)N[C@@H]1[C@H]2Cc3ccccc3[C@@H]21. The second kappa shape index (κ2) is 4.95. The molecular weight excluding hydrogens is 262 g/mol. The van der Waals surface area contributed by atoms with Crippen LogP contribution in [0.1, 0.15) is 22.8 Å². The monoisotopic (exact) mass is 281 g/mol. The first-order valence-electron chi connectivity index (χ1n) is 7.44. The molecule has 0 saturated heterocycles. The molecule has 2 aromatic rings. The third-order valence-corrected chi connectivity index (χ3v) is 4.58. The summed E-state index contributed by atoms with van der Waals surface area (Å²) < 4.78 is 5.32. The highest BCUT2D eigenvalue weighted by Crippen LogP contribution is 2.56. The lowest BCUT2D eigenvalue weighted by atomic mass is 10.1. The first-order chi connectivity index (χ1) is 10.4. The van der Waals surface area contributed by atoms with Gasteiger partial charge in [-0.1, -0.05) is 24.3 Å². The van der Waals surface area contributed by atoms with E-state index in [1.165, 1.54) is 17.5 Å². The normalized spacial score (nSPS) is 26.1. The Kier molecular flexibility index (Phi) is 2.95. The van der Waals surface area contributed by atoms with Crippen LogP contribution in [0.4, 0.5) is 0 Å². The zero-order valence-corrected chi connectivity index (χ0v) is 12.0. The molecule has 108 valence electrons. The first kappa shape index (κ1) is 12.5. The van der Waals surface area contributed by atoms with E-state index in [4.69, 9.17) is 4.42 Å². The van der Waals surface area contributed by atoms with Crippen molar-refractivity contribution in [2.24, 2.45) is 10.9 Å². The van der Waals surface area contributed by atoms with Gasteiger partial charge in [-0.05, 0) is 35.6 Å². The molecule has 1 aromatic heterocycles. The number of furan rings is 1. The summed E-state index contributed by atoms with van der Waals surface area (Å²) in [5, 5.41) is 6.84. The number of fused-ring (bicyclic) bond motifs is 3. The van der Waals surface area contributed by atoms with Crippen LogP contribution in [-0.4, -0.2) is 19.0 Å². The number of nitrogens with zero attached hydrogens (tertiary/aromatic N) is 1. The Morgan fingerprint density at radius 2 is 2.19 bits per heavy atom. The van der Waals surface area contributed by atoms with E-state index >= 15 is 0 Å². The van der Waals surface area contributed by atoms with Gasteiger partial charge in [0.2, 0.25) is 0 Å². The first-order valence-corrected chi connectivity index (χ1v) is 7.44. The van der Waals surface area contributed by atoms with E-state index in [-0.39, 0.29) is 0 Å². The van der Waals surface area contributed by atoms with Gasteiger partial charge in [0.1, 0.15) is 5.76 Å². The van der Waals surface area contributed by atoms with E-state index in [9.17, 15) is 0 Å². The molecule has 4 rings (SSSR count). The minimum Gasteiger partial charge on any atom is -0.467 e. The molecule has 0 spiro atoms. The van der Waals surface area contributed by atoms with Crippen molar-refractivity contribution < 1.29 is 4.42 Å². The van der Waals surface area contributed by atoms with Gasteiger partial charge in [-0.2, -0.15) is 0 Å². The molecule has 2 aliphatic rings. The Balaban J connectivity index is 1.37. The van der Waals surface area contributed by atoms with Crippen LogP contribution >= 0.6 is 0 Å². The Hall–Kier alpha value is -2.23. The Morgan fingerprint density at radius 1 is 1.29 bits per heavy atom. The summed E-state index contributed by atoms with van der Waals surface area (Å²) in [6.07, 6.45) is 2.88. The predicted molar refractivity (Wildman–Crippen MR) is 82.2 cm³/mol. The van der Waals surface area contributed by atoms with Crippen molar-refractivity contribution in [3.8, 4) is 0 Å². The molecule has 1 heterocycles. The number of guanidine groups is 1. The summed E-state index contributed by atoms with van der Waals surface area (Å²) in [7, 11) is 1.81. The molecule has 1 saturated carbocycles. The van der Waals surface area contributed by atoms with Crippen LogP contribution in [0.3, 0.4) is 0 Å². The van der Waals surface area contributed by atoms with Crippen molar-refractivity contribution in [3.63, 3.8) is 0 Å². The fourth-order valence-electron chi connectivity index (χ4n) is 3.48. The maximum atomic E-state index is 5.32. The third-order valence-electron chi connectivity index (χ3n) is 4.58. The largest absolute Gasteiger partial charge is 0.467 e. The van der Waals surface area contributed by atoms with E-state index in [0.29, 0.717) is 18.5 Å². The quantitative estimate of drug-likeness (QED) is 0.670. The van der Waals surface area contributed by atoms with Crippen molar-refractivity contribution in [2.75, 3.05) is 7.05 Å². The van der Waals surface area contributed by atoms with Gasteiger partial charge in [-0.25, -0.2) is 0 Å². The highest BCUT2D eigenvalue weighted by molar-refractivity contribution is 5.80. The van der Waals surface area contributed by atoms with Gasteiger partial charge in [-0.15, -0.1) is 0 Å². The second-order valence-corrected chi connectivity index (χ2v) is 5.77. The standard InChI is InChI=1S/C17H19N3O/c1-18-17(19-10-12-6-4-8-21-12)20-16-14-9-11-5-2-3-7-13(11)15(14)16/h2-8,14-16H,9-10H2,1H3,(H2,18,19,20)/t14-,15-,16+/m0/s1. The number of hydrogen-bond donors (Lipinski definition) is 2. The van der Waals surface area contributed by atoms with E-state index in [1.807, 2.05) is 19.2 Å². The number of aliphatic imine (C=N–C) groups is 1. The van der Waals surface area contributed by atoms with Gasteiger partial charge in [0.15, 0.2) is 5.96 Å². The van der Waals surface area contributed by atoms with Crippen LogP contribution in [-0.2, 0) is 13.0 Å². The van der Waals surface area contributed by atoms with Crippen LogP contribution in [0, 0.1) is 5.92 Å². The summed E-state index contributed by atoms with van der Waals surface area (Å²) >= 11 is 0. The van der Waals surface area contributed by atoms with Crippen LogP contribution in [0.15, 0.2) is 52.1 Å². The summed E-state index contributed by atoms with van der Waals surface area (Å²) in [6.45, 7) is 0.658. The van der Waals surface area contributed by atoms with Crippen molar-refractivity contribution >= 4 is 5.96 Å². The van der Waals surface area contributed by atoms with Gasteiger partial charge < -0.3 is 15.1 Å². The van der Waals surface area contributed by atoms with E-state index < -0.39 is 0 Å². The Labute approximate surface area is 124 Å². The fourth-order valence-corrected chi connectivity index (χ4v) is 3.48. The van der Waals surface area contributed by atoms with Crippen LogP contribution in [0.5, 0.6) is 0 Å². The molecular formula is C17H19N3O. The molecule has 1 aromatic carbocycles. The van der Waals surface area contributed by atoms with Gasteiger partial charge in [0, 0.05) is 19.0 Å². The number of nitrogens with one attached hydrogen (secondary N) is 2. The molecule has 0 aliphatic heterocycles. The van der Waals surface area contributed by atoms with Crippen molar-refractivity contribution in [1.29, 1.82) is 0 Å². The topological polar surface area (TPSA) is 49.6 Å². The molecule has 2 N–H and O–H groups in total. The Bertz CT molecular complexity index is 662. The summed E-state index contributed by atoms with van der Waals surface area (Å²) in [5.41, 5.74) is 3.03. The maximum Gasteiger partial charge on any atom is 0.191 e. The zero-order chi connectivity index (χ0) is 14.2. The molecule has 0 amide bonds. The number of benzene rings is 1. The van der Waals surface area contributed by atoms with Gasteiger partial charge in [0.25, 0.3) is 0 Å². The lowest BCUT2D eigenvalue weighted by molar-refractivity contribution is 0.501. The Morgan fingerprint density at radius 3 is 3.00 bits per heavy atom. The number of rotatable bonds is 3. The minimum atomic E-state index is 0.516. The lowest BCUT2D eigenvalue weighted by Crippen LogP contribution is -2.39. The summed E-state index contributed by atoms with van der Waals surface area (Å²) in [6, 6.07) is 13.2. The van der Waals surface area contributed by atoms with E-state index in [0.717, 1.165) is 17.6 Å². The maximum absolute atomic E-state index is 5.32. The molecule has 0 bridgehead atoms. The number of hydrogen-bond acceptors (Lipinski definition) is 2. The van der Waals surface area contributed by atoms with Crippen LogP contribution in [0.2, 0.25) is 0 Å². The average Bonchev–Trinajstić information content (AvgIpc) is 2.91. The molecule has 2 aliphatic carbocycles. The van der Waals surface area contributed by atoms with Crippen molar-refractivity contribution in [2.45, 2.75) is 24.9 Å². The lowest BCUT2D eigenvalue weighted by Gasteiger charge is -2.13. The predicted octanol–water partition coefficient (Wildman–Crippen LogP) is 2.28. The summed E-state index contributed by atoms with van der Waals surface area (Å²) in [4.78, 5) is 4.30. The van der Waals surface area contributed by atoms with Gasteiger partial charge in [-0.3, -0.25) is 4.99 Å². The highest BCUT2D eigenvalue weighted by atomic mass is 16.3. The molecule has 21 heavy (non-hydrogen) atoms. The molecule has 4 nitrogen and oxygen atoms in total. The van der Waals surface area contributed by atoms with Gasteiger partial charge >= 0.3 is 0 Å². The molecule has 0 unspecified atom stereocenters. The van der Waals surface area contributed by atoms with Crippen molar-refractivity contribution in [3.05, 3.63) is 59.5 Å². The average molecular weight is 281 g/mol. The molecule has 1 fully saturated rings. The molecule has 4 heteroatoms. The minimum absolute atomic E-state index is 0.516. The summed E-state index contributed by atoms with van der Waals surface area (Å²) in [5.74, 6) is 3.15. The molecule has 3 atom stereocenters. The van der Waals surface area contributed by atoms with Gasteiger partial charge in [0.05, 0.1) is 12.8 Å². The van der Waals surface area contributed by atoms with E-state index in [1.54, 1.807) is 6.26 Å². The van der Waals surface area contributed by atoms with Crippen molar-refractivity contribution in [1.82, 2.24) is 10.6 Å². The van der Waals surface area contributed by atoms with Crippen LogP contribution < -0.4 is 10.6 Å². The smallest absolute Gasteiger partial charge is 0.191 e. The van der Waals surface area contributed by atoms with E-state index in [2.05, 4.69) is 39.9 Å². The second-order valence-electron chi connectivity index (χ2n) is 5.77. The molecule has 0 radical (unpaired) electrons. The highest BCUT2D eigenvalue weighted by Gasteiger charge is 2.55.